The van der Waals surface area contributed by atoms with Gasteiger partial charge in [0.25, 0.3) is 0 Å². The normalized spacial score (nSPS) is 20.8. The van der Waals surface area contributed by atoms with Gasteiger partial charge in [0.15, 0.2) is 0 Å². The fraction of sp³-hybridized carbons (Fsp3) is 0.632. The lowest BCUT2D eigenvalue weighted by molar-refractivity contribution is 0.206. The minimum absolute atomic E-state index is 0.431. The van der Waals surface area contributed by atoms with E-state index in [4.69, 9.17) is 5.26 Å². The predicted molar refractivity (Wildman–Crippen MR) is 88.0 cm³/mol. The molecule has 1 fully saturated rings. The zero-order chi connectivity index (χ0) is 15.5. The van der Waals surface area contributed by atoms with Crippen LogP contribution in [0, 0.1) is 29.6 Å². The Bertz CT molecular complexity index is 519. The van der Waals surface area contributed by atoms with Crippen molar-refractivity contribution in [2.75, 3.05) is 13.1 Å². The van der Waals surface area contributed by atoms with Gasteiger partial charge in [-0.3, -0.25) is 4.90 Å². The third-order valence-corrected chi connectivity index (χ3v) is 4.91. The maximum atomic E-state index is 8.96. The molecule has 0 aromatic heterocycles. The third kappa shape index (κ3) is 4.32. The van der Waals surface area contributed by atoms with E-state index in [0.29, 0.717) is 5.41 Å². The van der Waals surface area contributed by atoms with Gasteiger partial charge in [-0.2, -0.15) is 5.26 Å². The van der Waals surface area contributed by atoms with Gasteiger partial charge in [0.05, 0.1) is 11.6 Å². The Balaban J connectivity index is 2.00. The van der Waals surface area contributed by atoms with Gasteiger partial charge in [-0.05, 0) is 73.9 Å². The first-order valence-electron chi connectivity index (χ1n) is 8.12. The molecule has 0 saturated carbocycles. The van der Waals surface area contributed by atoms with Gasteiger partial charge < -0.3 is 0 Å². The molecular weight excluding hydrogens is 256 g/mol. The molecule has 1 aliphatic heterocycles. The minimum Gasteiger partial charge on any atom is -0.299 e. The average molecular weight is 284 g/mol. The molecule has 0 N–H and O–H groups in total. The smallest absolute Gasteiger partial charge is 0.0991 e. The number of nitrogens with zero attached hydrogens (tertiary/aromatic N) is 2. The van der Waals surface area contributed by atoms with Crippen LogP contribution in [-0.4, -0.2) is 18.0 Å². The number of aryl methyl sites for hydroxylation is 1. The van der Waals surface area contributed by atoms with Crippen LogP contribution < -0.4 is 0 Å². The maximum absolute atomic E-state index is 8.96. The molecule has 2 nitrogen and oxygen atoms in total. The molecule has 2 heteroatoms. The van der Waals surface area contributed by atoms with Crippen molar-refractivity contribution in [1.82, 2.24) is 4.90 Å². The molecule has 1 aromatic carbocycles. The Labute approximate surface area is 129 Å². The number of likely N-dealkylation sites (tertiary alicyclic amines) is 1. The molecule has 0 bridgehead atoms. The van der Waals surface area contributed by atoms with Gasteiger partial charge in [0, 0.05) is 6.54 Å². The summed E-state index contributed by atoms with van der Waals surface area (Å²) >= 11 is 0. The molecule has 1 atom stereocenters. The lowest BCUT2D eigenvalue weighted by Crippen LogP contribution is -2.26. The molecule has 1 heterocycles. The molecule has 1 aliphatic rings. The summed E-state index contributed by atoms with van der Waals surface area (Å²) in [7, 11) is 0. The maximum Gasteiger partial charge on any atom is 0.0991 e. The molecule has 114 valence electrons. The summed E-state index contributed by atoms with van der Waals surface area (Å²) in [5, 5.41) is 8.96. The largest absolute Gasteiger partial charge is 0.299 e. The highest BCUT2D eigenvalue weighted by Crippen LogP contribution is 2.34. The zero-order valence-electron chi connectivity index (χ0n) is 13.9. The summed E-state index contributed by atoms with van der Waals surface area (Å²) in [6, 6.07) is 8.29. The van der Waals surface area contributed by atoms with Crippen LogP contribution in [-0.2, 0) is 6.54 Å². The van der Waals surface area contributed by atoms with Crippen molar-refractivity contribution in [3.63, 3.8) is 0 Å². The molecule has 0 amide bonds. The van der Waals surface area contributed by atoms with E-state index in [-0.39, 0.29) is 0 Å². The Hall–Kier alpha value is -1.33. The lowest BCUT2D eigenvalue weighted by atomic mass is 9.77. The van der Waals surface area contributed by atoms with Gasteiger partial charge in [-0.1, -0.05) is 26.8 Å². The van der Waals surface area contributed by atoms with E-state index in [1.54, 1.807) is 0 Å². The van der Waals surface area contributed by atoms with Crippen molar-refractivity contribution in [1.29, 1.82) is 5.26 Å². The summed E-state index contributed by atoms with van der Waals surface area (Å²) in [6.07, 6.45) is 3.96. The summed E-state index contributed by atoms with van der Waals surface area (Å²) < 4.78 is 0. The second-order valence-corrected chi connectivity index (χ2v) is 7.52. The SMILES string of the molecule is Cc1cc(C#N)ccc1CN1CCCC(C(C)(C)C)CC1. The number of benzene rings is 1. The highest BCUT2D eigenvalue weighted by atomic mass is 15.1. The fourth-order valence-electron chi connectivity index (χ4n) is 3.36. The molecule has 0 radical (unpaired) electrons. The third-order valence-electron chi connectivity index (χ3n) is 4.91. The van der Waals surface area contributed by atoms with E-state index in [1.165, 1.54) is 43.5 Å². The van der Waals surface area contributed by atoms with E-state index in [2.05, 4.69) is 44.7 Å². The first kappa shape index (κ1) is 16.0. The summed E-state index contributed by atoms with van der Waals surface area (Å²) in [4.78, 5) is 2.58. The Morgan fingerprint density at radius 2 is 2.00 bits per heavy atom. The summed E-state index contributed by atoms with van der Waals surface area (Å²) in [5.41, 5.74) is 3.80. The Kier molecular flexibility index (Phi) is 5.06. The van der Waals surface area contributed by atoms with E-state index in [0.717, 1.165) is 18.0 Å². The molecule has 2 rings (SSSR count). The molecule has 1 saturated heterocycles. The molecule has 1 aromatic rings. The molecule has 0 spiro atoms. The van der Waals surface area contributed by atoms with Gasteiger partial charge in [0.2, 0.25) is 0 Å². The number of hydrogen-bond donors (Lipinski definition) is 0. The number of rotatable bonds is 2. The Morgan fingerprint density at radius 1 is 1.24 bits per heavy atom. The first-order valence-corrected chi connectivity index (χ1v) is 8.12. The van der Waals surface area contributed by atoms with Crippen molar-refractivity contribution < 1.29 is 0 Å². The highest BCUT2D eigenvalue weighted by molar-refractivity contribution is 5.37. The van der Waals surface area contributed by atoms with Crippen molar-refractivity contribution >= 4 is 0 Å². The molecule has 1 unspecified atom stereocenters. The van der Waals surface area contributed by atoms with Crippen LogP contribution in [0.4, 0.5) is 0 Å². The Morgan fingerprint density at radius 3 is 2.62 bits per heavy atom. The van der Waals surface area contributed by atoms with Crippen LogP contribution in [0.2, 0.25) is 0 Å². The summed E-state index contributed by atoms with van der Waals surface area (Å²) in [6.45, 7) is 12.7. The molecular formula is C19H28N2. The van der Waals surface area contributed by atoms with Crippen LogP contribution in [0.15, 0.2) is 18.2 Å². The lowest BCUT2D eigenvalue weighted by Gasteiger charge is -2.29. The zero-order valence-corrected chi connectivity index (χ0v) is 13.9. The van der Waals surface area contributed by atoms with Crippen LogP contribution in [0.5, 0.6) is 0 Å². The van der Waals surface area contributed by atoms with Crippen molar-refractivity contribution in [2.45, 2.75) is 53.5 Å². The van der Waals surface area contributed by atoms with E-state index in [1.807, 2.05) is 12.1 Å². The first-order chi connectivity index (χ1) is 9.90. The second-order valence-electron chi connectivity index (χ2n) is 7.52. The van der Waals surface area contributed by atoms with Gasteiger partial charge in [0.1, 0.15) is 0 Å². The monoisotopic (exact) mass is 284 g/mol. The van der Waals surface area contributed by atoms with Crippen LogP contribution in [0.25, 0.3) is 0 Å². The average Bonchev–Trinajstić information content (AvgIpc) is 2.66. The van der Waals surface area contributed by atoms with Crippen LogP contribution >= 0.6 is 0 Å². The van der Waals surface area contributed by atoms with Gasteiger partial charge >= 0.3 is 0 Å². The molecule has 21 heavy (non-hydrogen) atoms. The number of hydrogen-bond acceptors (Lipinski definition) is 2. The van der Waals surface area contributed by atoms with E-state index in [9.17, 15) is 0 Å². The van der Waals surface area contributed by atoms with E-state index >= 15 is 0 Å². The molecule has 0 aliphatic carbocycles. The highest BCUT2D eigenvalue weighted by Gasteiger charge is 2.27. The van der Waals surface area contributed by atoms with Crippen molar-refractivity contribution in [2.24, 2.45) is 11.3 Å². The van der Waals surface area contributed by atoms with Gasteiger partial charge in [-0.15, -0.1) is 0 Å². The summed E-state index contributed by atoms with van der Waals surface area (Å²) in [5.74, 6) is 0.838. The quantitative estimate of drug-likeness (QED) is 0.798. The van der Waals surface area contributed by atoms with Crippen LogP contribution in [0.1, 0.15) is 56.7 Å². The van der Waals surface area contributed by atoms with E-state index < -0.39 is 0 Å². The topological polar surface area (TPSA) is 27.0 Å². The minimum atomic E-state index is 0.431. The number of nitriles is 1. The van der Waals surface area contributed by atoms with Crippen LogP contribution in [0.3, 0.4) is 0 Å². The van der Waals surface area contributed by atoms with Crippen molar-refractivity contribution in [3.8, 4) is 6.07 Å². The predicted octanol–water partition coefficient (Wildman–Crippen LogP) is 4.51. The van der Waals surface area contributed by atoms with Gasteiger partial charge in [-0.25, -0.2) is 0 Å². The fourth-order valence-corrected chi connectivity index (χ4v) is 3.36. The second kappa shape index (κ2) is 6.62. The standard InChI is InChI=1S/C19H28N2/c1-15-12-16(13-20)7-8-17(15)14-21-10-5-6-18(9-11-21)19(2,3)4/h7-8,12,18H,5-6,9-11,14H2,1-4H3. The van der Waals surface area contributed by atoms with Crippen molar-refractivity contribution in [3.05, 3.63) is 34.9 Å².